The predicted molar refractivity (Wildman–Crippen MR) is 95.9 cm³/mol. The number of rotatable bonds is 2. The summed E-state index contributed by atoms with van der Waals surface area (Å²) in [7, 11) is 0. The highest BCUT2D eigenvalue weighted by Crippen LogP contribution is 2.29. The van der Waals surface area contributed by atoms with Crippen LogP contribution < -0.4 is 0 Å². The minimum atomic E-state index is 0.545. The fraction of sp³-hybridized carbons (Fsp3) is 0. The van der Waals surface area contributed by atoms with E-state index in [4.69, 9.17) is 0 Å². The first-order valence-electron chi connectivity index (χ1n) is 7.25. The summed E-state index contributed by atoms with van der Waals surface area (Å²) < 4.78 is 0.545. The summed E-state index contributed by atoms with van der Waals surface area (Å²) in [6, 6.07) is 22.6. The molecule has 4 rings (SSSR count). The predicted octanol–water partition coefficient (Wildman–Crippen LogP) is 5.12. The van der Waals surface area contributed by atoms with E-state index in [9.17, 15) is 0 Å². The van der Waals surface area contributed by atoms with E-state index in [0.29, 0.717) is 10.4 Å². The Balaban J connectivity index is 1.92. The maximum absolute atomic E-state index is 4.57. The van der Waals surface area contributed by atoms with E-state index >= 15 is 0 Å². The molecule has 0 aliphatic rings. The largest absolute Gasteiger partial charge is 0.236 e. The van der Waals surface area contributed by atoms with Crippen molar-refractivity contribution in [1.29, 1.82) is 0 Å². The zero-order valence-corrected chi connectivity index (χ0v) is 13.7. The van der Waals surface area contributed by atoms with Gasteiger partial charge in [-0.2, -0.15) is 0 Å². The molecule has 0 bridgehead atoms. The van der Waals surface area contributed by atoms with Crippen LogP contribution in [0.2, 0.25) is 0 Å². The topological polar surface area (TPSA) is 38.7 Å². The lowest BCUT2D eigenvalue weighted by atomic mass is 10.0. The van der Waals surface area contributed by atoms with Crippen molar-refractivity contribution >= 4 is 27.0 Å². The molecular weight excluding hydrogens is 350 g/mol. The second-order valence-electron chi connectivity index (χ2n) is 5.16. The molecule has 0 saturated carbocycles. The lowest BCUT2D eigenvalue weighted by molar-refractivity contribution is 1.13. The SMILES string of the molecule is Brc1nc(-c2cccc(-c3ccccc3)c2)c2cccnc2n1. The highest BCUT2D eigenvalue weighted by atomic mass is 79.9. The van der Waals surface area contributed by atoms with Crippen LogP contribution in [0.3, 0.4) is 0 Å². The van der Waals surface area contributed by atoms with E-state index in [2.05, 4.69) is 67.3 Å². The Morgan fingerprint density at radius 3 is 2.35 bits per heavy atom. The molecule has 0 aliphatic heterocycles. The third-order valence-electron chi connectivity index (χ3n) is 3.69. The molecular formula is C19H12BrN3. The summed E-state index contributed by atoms with van der Waals surface area (Å²) in [6.07, 6.45) is 1.74. The van der Waals surface area contributed by atoms with Gasteiger partial charge in [-0.25, -0.2) is 15.0 Å². The Hall–Kier alpha value is -2.59. The molecule has 0 atom stereocenters. The number of hydrogen-bond acceptors (Lipinski definition) is 3. The Morgan fingerprint density at radius 2 is 1.48 bits per heavy atom. The van der Waals surface area contributed by atoms with Crippen LogP contribution >= 0.6 is 15.9 Å². The smallest absolute Gasteiger partial charge is 0.199 e. The summed E-state index contributed by atoms with van der Waals surface area (Å²) >= 11 is 3.38. The van der Waals surface area contributed by atoms with Crippen LogP contribution in [0.4, 0.5) is 0 Å². The van der Waals surface area contributed by atoms with Crippen LogP contribution in [-0.4, -0.2) is 15.0 Å². The summed E-state index contributed by atoms with van der Waals surface area (Å²) in [5.74, 6) is 0. The summed E-state index contributed by atoms with van der Waals surface area (Å²) in [5.41, 5.74) is 4.97. The zero-order chi connectivity index (χ0) is 15.6. The minimum absolute atomic E-state index is 0.545. The maximum atomic E-state index is 4.57. The fourth-order valence-electron chi connectivity index (χ4n) is 2.63. The van der Waals surface area contributed by atoms with Gasteiger partial charge in [0.05, 0.1) is 5.69 Å². The van der Waals surface area contributed by atoms with E-state index in [1.165, 1.54) is 5.56 Å². The normalized spacial score (nSPS) is 10.8. The first-order chi connectivity index (χ1) is 11.3. The number of halogens is 1. The third-order valence-corrected chi connectivity index (χ3v) is 4.04. The van der Waals surface area contributed by atoms with Crippen LogP contribution in [0.5, 0.6) is 0 Å². The monoisotopic (exact) mass is 361 g/mol. The van der Waals surface area contributed by atoms with Crippen molar-refractivity contribution in [3.05, 3.63) is 77.7 Å². The quantitative estimate of drug-likeness (QED) is 0.465. The van der Waals surface area contributed by atoms with E-state index in [1.54, 1.807) is 6.20 Å². The molecule has 0 radical (unpaired) electrons. The molecule has 2 heterocycles. The van der Waals surface area contributed by atoms with E-state index < -0.39 is 0 Å². The molecule has 0 saturated heterocycles. The van der Waals surface area contributed by atoms with Crippen LogP contribution in [0.25, 0.3) is 33.4 Å². The first kappa shape index (κ1) is 14.0. The summed E-state index contributed by atoms with van der Waals surface area (Å²) in [6.45, 7) is 0. The molecule has 0 fully saturated rings. The summed E-state index contributed by atoms with van der Waals surface area (Å²) in [4.78, 5) is 13.2. The zero-order valence-electron chi connectivity index (χ0n) is 12.1. The lowest BCUT2D eigenvalue weighted by Crippen LogP contribution is -1.93. The molecule has 23 heavy (non-hydrogen) atoms. The Bertz CT molecular complexity index is 984. The first-order valence-corrected chi connectivity index (χ1v) is 8.05. The van der Waals surface area contributed by atoms with Gasteiger partial charge >= 0.3 is 0 Å². The molecule has 4 aromatic rings. The van der Waals surface area contributed by atoms with Gasteiger partial charge in [-0.05, 0) is 45.3 Å². The van der Waals surface area contributed by atoms with E-state index in [1.807, 2.05) is 30.3 Å². The van der Waals surface area contributed by atoms with Crippen molar-refractivity contribution in [3.63, 3.8) is 0 Å². The minimum Gasteiger partial charge on any atom is -0.236 e. The molecule has 3 nitrogen and oxygen atoms in total. The van der Waals surface area contributed by atoms with E-state index in [0.717, 1.165) is 22.2 Å². The molecule has 4 heteroatoms. The molecule has 110 valence electrons. The van der Waals surface area contributed by atoms with Gasteiger partial charge in [0.15, 0.2) is 10.4 Å². The third kappa shape index (κ3) is 2.73. The van der Waals surface area contributed by atoms with Crippen molar-refractivity contribution in [3.8, 4) is 22.4 Å². The Labute approximate surface area is 142 Å². The molecule has 2 aromatic heterocycles. The fourth-order valence-corrected chi connectivity index (χ4v) is 2.98. The Morgan fingerprint density at radius 1 is 0.696 bits per heavy atom. The van der Waals surface area contributed by atoms with Gasteiger partial charge in [0.25, 0.3) is 0 Å². The highest BCUT2D eigenvalue weighted by Gasteiger charge is 2.10. The Kier molecular flexibility index (Phi) is 3.60. The average molecular weight is 362 g/mol. The average Bonchev–Trinajstić information content (AvgIpc) is 2.62. The van der Waals surface area contributed by atoms with Gasteiger partial charge in [0.2, 0.25) is 0 Å². The van der Waals surface area contributed by atoms with Crippen molar-refractivity contribution < 1.29 is 0 Å². The molecule has 0 aliphatic carbocycles. The van der Waals surface area contributed by atoms with Crippen LogP contribution in [0.1, 0.15) is 0 Å². The highest BCUT2D eigenvalue weighted by molar-refractivity contribution is 9.10. The number of aromatic nitrogens is 3. The number of hydrogen-bond donors (Lipinski definition) is 0. The van der Waals surface area contributed by atoms with Crippen molar-refractivity contribution in [2.75, 3.05) is 0 Å². The van der Waals surface area contributed by atoms with E-state index in [-0.39, 0.29) is 0 Å². The lowest BCUT2D eigenvalue weighted by Gasteiger charge is -2.08. The van der Waals surface area contributed by atoms with Crippen molar-refractivity contribution in [2.24, 2.45) is 0 Å². The van der Waals surface area contributed by atoms with Gasteiger partial charge < -0.3 is 0 Å². The maximum Gasteiger partial charge on any atom is 0.199 e. The van der Waals surface area contributed by atoms with Crippen LogP contribution in [0, 0.1) is 0 Å². The summed E-state index contributed by atoms with van der Waals surface area (Å²) in [5, 5.41) is 0.945. The van der Waals surface area contributed by atoms with Gasteiger partial charge in [0.1, 0.15) is 0 Å². The number of nitrogens with zero attached hydrogens (tertiary/aromatic N) is 3. The number of fused-ring (bicyclic) bond motifs is 1. The van der Waals surface area contributed by atoms with Crippen molar-refractivity contribution in [2.45, 2.75) is 0 Å². The van der Waals surface area contributed by atoms with Crippen LogP contribution in [0.15, 0.2) is 77.7 Å². The van der Waals surface area contributed by atoms with Gasteiger partial charge in [-0.3, -0.25) is 0 Å². The number of benzene rings is 2. The molecule has 0 amide bonds. The molecule has 2 aromatic carbocycles. The van der Waals surface area contributed by atoms with Crippen molar-refractivity contribution in [1.82, 2.24) is 15.0 Å². The standard InChI is InChI=1S/C19H12BrN3/c20-19-22-17(16-10-5-11-21-18(16)23-19)15-9-4-8-14(12-15)13-6-2-1-3-7-13/h1-12H. The second kappa shape index (κ2) is 5.89. The molecule has 0 unspecified atom stereocenters. The van der Waals surface area contributed by atoms with Gasteiger partial charge in [-0.1, -0.05) is 48.5 Å². The number of pyridine rings is 1. The molecule has 0 N–H and O–H groups in total. The second-order valence-corrected chi connectivity index (χ2v) is 5.87. The van der Waals surface area contributed by atoms with Gasteiger partial charge in [-0.15, -0.1) is 0 Å². The van der Waals surface area contributed by atoms with Crippen LogP contribution in [-0.2, 0) is 0 Å². The molecule has 0 spiro atoms. The van der Waals surface area contributed by atoms with Gasteiger partial charge in [0, 0.05) is 17.1 Å².